The first-order valence-electron chi connectivity index (χ1n) is 6.19. The van der Waals surface area contributed by atoms with Gasteiger partial charge >= 0.3 is 0 Å². The van der Waals surface area contributed by atoms with Gasteiger partial charge in [0.15, 0.2) is 0 Å². The number of thioether (sulfide) groups is 1. The van der Waals surface area contributed by atoms with Crippen LogP contribution in [-0.4, -0.2) is 28.6 Å². The minimum Gasteiger partial charge on any atom is -0.388 e. The smallest absolute Gasteiger partial charge is 0.223 e. The molecular weight excluding hydrogens is 317 g/mol. The zero-order valence-corrected chi connectivity index (χ0v) is 14.1. The molecule has 1 atom stereocenters. The van der Waals surface area contributed by atoms with E-state index in [0.29, 0.717) is 22.2 Å². The van der Waals surface area contributed by atoms with E-state index in [1.807, 2.05) is 20.1 Å². The van der Waals surface area contributed by atoms with Gasteiger partial charge in [0.2, 0.25) is 5.91 Å². The monoisotopic (exact) mass is 335 g/mol. The van der Waals surface area contributed by atoms with E-state index in [9.17, 15) is 9.90 Å². The number of aliphatic hydroxyl groups excluding tert-OH is 1. The Morgan fingerprint density at radius 2 is 1.90 bits per heavy atom. The van der Waals surface area contributed by atoms with Crippen LogP contribution in [-0.2, 0) is 4.79 Å². The Balaban J connectivity index is 2.57. The number of carbonyl (C=O) groups is 1. The molecule has 0 fully saturated rings. The molecule has 6 heteroatoms. The second-order valence-electron chi connectivity index (χ2n) is 5.16. The molecule has 1 unspecified atom stereocenters. The van der Waals surface area contributed by atoms with Crippen LogP contribution < -0.4 is 5.32 Å². The Labute approximate surface area is 134 Å². The van der Waals surface area contributed by atoms with Gasteiger partial charge in [-0.25, -0.2) is 0 Å². The molecule has 0 saturated carbocycles. The number of aliphatic hydroxyl groups is 1. The molecule has 1 aromatic carbocycles. The van der Waals surface area contributed by atoms with E-state index in [2.05, 4.69) is 5.32 Å². The summed E-state index contributed by atoms with van der Waals surface area (Å²) in [5.41, 5.74) is 0.543. The van der Waals surface area contributed by atoms with E-state index >= 15 is 0 Å². The van der Waals surface area contributed by atoms with E-state index in [1.54, 1.807) is 30.0 Å². The van der Waals surface area contributed by atoms with Crippen molar-refractivity contribution in [3.8, 4) is 0 Å². The number of carbonyl (C=O) groups excluding carboxylic acids is 1. The number of halogens is 2. The first-order valence-corrected chi connectivity index (χ1v) is 8.17. The van der Waals surface area contributed by atoms with Crippen LogP contribution in [0.3, 0.4) is 0 Å². The highest BCUT2D eigenvalue weighted by Crippen LogP contribution is 2.25. The Morgan fingerprint density at radius 3 is 2.40 bits per heavy atom. The SMILES string of the molecule is CSC(C)(C)CNC(=O)CC(O)c1cc(Cl)cc(Cl)c1. The lowest BCUT2D eigenvalue weighted by atomic mass is 10.1. The number of amides is 1. The van der Waals surface area contributed by atoms with Gasteiger partial charge in [-0.05, 0) is 43.9 Å². The lowest BCUT2D eigenvalue weighted by Crippen LogP contribution is -2.36. The molecule has 0 bridgehead atoms. The zero-order valence-electron chi connectivity index (χ0n) is 11.7. The van der Waals surface area contributed by atoms with Crippen molar-refractivity contribution in [3.63, 3.8) is 0 Å². The number of hydrogen-bond donors (Lipinski definition) is 2. The summed E-state index contributed by atoms with van der Waals surface area (Å²) >= 11 is 13.4. The fourth-order valence-electron chi connectivity index (χ4n) is 1.52. The lowest BCUT2D eigenvalue weighted by molar-refractivity contribution is -0.123. The summed E-state index contributed by atoms with van der Waals surface area (Å²) in [4.78, 5) is 11.8. The van der Waals surface area contributed by atoms with Crippen molar-refractivity contribution in [3.05, 3.63) is 33.8 Å². The predicted molar refractivity (Wildman–Crippen MR) is 86.6 cm³/mol. The van der Waals surface area contributed by atoms with Crippen LogP contribution in [0.25, 0.3) is 0 Å². The molecule has 1 rings (SSSR count). The summed E-state index contributed by atoms with van der Waals surface area (Å²) in [6, 6.07) is 4.80. The Hall–Kier alpha value is -0.420. The minimum absolute atomic E-state index is 0.0128. The Bertz CT molecular complexity index is 460. The summed E-state index contributed by atoms with van der Waals surface area (Å²) in [5, 5.41) is 13.7. The lowest BCUT2D eigenvalue weighted by Gasteiger charge is -2.22. The fourth-order valence-corrected chi connectivity index (χ4v) is 2.28. The maximum Gasteiger partial charge on any atom is 0.223 e. The Morgan fingerprint density at radius 1 is 1.35 bits per heavy atom. The third-order valence-corrected chi connectivity index (χ3v) is 4.60. The molecule has 0 aromatic heterocycles. The van der Waals surface area contributed by atoms with Gasteiger partial charge in [0.1, 0.15) is 0 Å². The van der Waals surface area contributed by atoms with E-state index in [-0.39, 0.29) is 17.1 Å². The molecule has 0 saturated heterocycles. The fraction of sp³-hybridized carbons (Fsp3) is 0.500. The van der Waals surface area contributed by atoms with Crippen molar-refractivity contribution in [1.29, 1.82) is 0 Å². The van der Waals surface area contributed by atoms with Crippen molar-refractivity contribution >= 4 is 40.9 Å². The number of benzene rings is 1. The molecule has 0 aliphatic carbocycles. The van der Waals surface area contributed by atoms with Crippen molar-refractivity contribution in [2.24, 2.45) is 0 Å². The molecule has 112 valence electrons. The van der Waals surface area contributed by atoms with Crippen LogP contribution in [0, 0.1) is 0 Å². The molecular formula is C14H19Cl2NO2S. The maximum atomic E-state index is 11.8. The van der Waals surface area contributed by atoms with E-state index in [0.717, 1.165) is 0 Å². The minimum atomic E-state index is -0.913. The second-order valence-corrected chi connectivity index (χ2v) is 7.55. The predicted octanol–water partition coefficient (Wildman–Crippen LogP) is 3.67. The van der Waals surface area contributed by atoms with Crippen LogP contribution in [0.1, 0.15) is 31.9 Å². The van der Waals surface area contributed by atoms with Gasteiger partial charge in [-0.2, -0.15) is 11.8 Å². The van der Waals surface area contributed by atoms with Gasteiger partial charge in [-0.3, -0.25) is 4.79 Å². The molecule has 2 N–H and O–H groups in total. The van der Waals surface area contributed by atoms with Gasteiger partial charge in [-0.15, -0.1) is 0 Å². The molecule has 1 aromatic rings. The quantitative estimate of drug-likeness (QED) is 0.833. The highest BCUT2D eigenvalue weighted by Gasteiger charge is 2.19. The average molecular weight is 336 g/mol. The van der Waals surface area contributed by atoms with Crippen molar-refractivity contribution < 1.29 is 9.90 Å². The third kappa shape index (κ3) is 5.92. The largest absolute Gasteiger partial charge is 0.388 e. The van der Waals surface area contributed by atoms with Gasteiger partial charge in [0, 0.05) is 21.3 Å². The van der Waals surface area contributed by atoms with Gasteiger partial charge < -0.3 is 10.4 Å². The molecule has 3 nitrogen and oxygen atoms in total. The van der Waals surface area contributed by atoms with Crippen LogP contribution in [0.4, 0.5) is 0 Å². The van der Waals surface area contributed by atoms with Crippen LogP contribution >= 0.6 is 35.0 Å². The van der Waals surface area contributed by atoms with Gasteiger partial charge in [-0.1, -0.05) is 23.2 Å². The van der Waals surface area contributed by atoms with E-state index in [1.165, 1.54) is 0 Å². The second kappa shape index (κ2) is 7.55. The topological polar surface area (TPSA) is 49.3 Å². The normalized spacial score (nSPS) is 13.1. The summed E-state index contributed by atoms with van der Waals surface area (Å²) in [7, 11) is 0. The van der Waals surface area contributed by atoms with Crippen molar-refractivity contribution in [2.45, 2.75) is 31.1 Å². The van der Waals surface area contributed by atoms with Crippen LogP contribution in [0.15, 0.2) is 18.2 Å². The van der Waals surface area contributed by atoms with Crippen LogP contribution in [0.5, 0.6) is 0 Å². The van der Waals surface area contributed by atoms with E-state index in [4.69, 9.17) is 23.2 Å². The number of rotatable bonds is 6. The van der Waals surface area contributed by atoms with Crippen molar-refractivity contribution in [2.75, 3.05) is 12.8 Å². The average Bonchev–Trinajstić information content (AvgIpc) is 2.35. The molecule has 1 amide bonds. The third-order valence-electron chi connectivity index (χ3n) is 2.91. The molecule has 0 aliphatic rings. The van der Waals surface area contributed by atoms with E-state index < -0.39 is 6.10 Å². The molecule has 0 radical (unpaired) electrons. The summed E-state index contributed by atoms with van der Waals surface area (Å²) in [6.45, 7) is 4.65. The van der Waals surface area contributed by atoms with Crippen molar-refractivity contribution in [1.82, 2.24) is 5.32 Å². The molecule has 0 spiro atoms. The standard InChI is InChI=1S/C14H19Cl2NO2S/c1-14(2,20-3)8-17-13(19)7-12(18)9-4-10(15)6-11(16)5-9/h4-6,12,18H,7-8H2,1-3H3,(H,17,19). The van der Waals surface area contributed by atoms with Gasteiger partial charge in [0.25, 0.3) is 0 Å². The zero-order chi connectivity index (χ0) is 15.3. The first kappa shape index (κ1) is 17.6. The van der Waals surface area contributed by atoms with Crippen LogP contribution in [0.2, 0.25) is 10.0 Å². The summed E-state index contributed by atoms with van der Waals surface area (Å²) in [5.74, 6) is -0.198. The maximum absolute atomic E-state index is 11.8. The number of hydrogen-bond acceptors (Lipinski definition) is 3. The Kier molecular flexibility index (Phi) is 6.65. The summed E-state index contributed by atoms with van der Waals surface area (Å²) < 4.78 is -0.0278. The number of nitrogens with one attached hydrogen (secondary N) is 1. The molecule has 20 heavy (non-hydrogen) atoms. The highest BCUT2D eigenvalue weighted by molar-refractivity contribution is 7.99. The van der Waals surface area contributed by atoms with Gasteiger partial charge in [0.05, 0.1) is 12.5 Å². The summed E-state index contributed by atoms with van der Waals surface area (Å²) in [6.07, 6.45) is 1.07. The highest BCUT2D eigenvalue weighted by atomic mass is 35.5. The molecule has 0 heterocycles. The first-order chi connectivity index (χ1) is 9.23. The molecule has 0 aliphatic heterocycles.